The van der Waals surface area contributed by atoms with Crippen LogP contribution in [0.25, 0.3) is 0 Å². The quantitative estimate of drug-likeness (QED) is 0.719. The van der Waals surface area contributed by atoms with Crippen molar-refractivity contribution in [3.63, 3.8) is 0 Å². The monoisotopic (exact) mass is 373 g/mol. The van der Waals surface area contributed by atoms with Gasteiger partial charge >= 0.3 is 12.1 Å². The van der Waals surface area contributed by atoms with Crippen LogP contribution in [0.5, 0.6) is 0 Å². The second-order valence-electron chi connectivity index (χ2n) is 9.05. The largest absolute Gasteiger partial charge is 0.469 e. The van der Waals surface area contributed by atoms with Crippen molar-refractivity contribution in [3.05, 3.63) is 35.9 Å². The Bertz CT molecular complexity index is 667. The molecule has 3 aliphatic carbocycles. The molecular weight excluding hydrogens is 342 g/mol. The topological polar surface area (TPSA) is 55.8 Å². The van der Waals surface area contributed by atoms with Crippen molar-refractivity contribution < 1.29 is 19.1 Å². The summed E-state index contributed by atoms with van der Waals surface area (Å²) in [6, 6.07) is 10.0. The van der Waals surface area contributed by atoms with Crippen LogP contribution < -0.4 is 0 Å². The van der Waals surface area contributed by atoms with E-state index in [2.05, 4.69) is 0 Å². The summed E-state index contributed by atoms with van der Waals surface area (Å²) in [7, 11) is 1.47. The average molecular weight is 373 g/mol. The summed E-state index contributed by atoms with van der Waals surface area (Å²) in [4.78, 5) is 27.4. The highest BCUT2D eigenvalue weighted by atomic mass is 16.6. The van der Waals surface area contributed by atoms with Crippen molar-refractivity contribution in [2.24, 2.45) is 5.41 Å². The molecule has 2 bridgehead atoms. The van der Waals surface area contributed by atoms with Crippen LogP contribution in [0.4, 0.5) is 4.79 Å². The van der Waals surface area contributed by atoms with Gasteiger partial charge in [-0.2, -0.15) is 0 Å². The maximum absolute atomic E-state index is 13.1. The molecule has 0 atom stereocenters. The van der Waals surface area contributed by atoms with E-state index in [1.165, 1.54) is 7.11 Å². The van der Waals surface area contributed by atoms with Crippen LogP contribution >= 0.6 is 0 Å². The summed E-state index contributed by atoms with van der Waals surface area (Å²) in [5, 5.41) is 0. The first-order valence-corrected chi connectivity index (χ1v) is 9.83. The molecule has 1 amide bonds. The first-order valence-electron chi connectivity index (χ1n) is 9.83. The van der Waals surface area contributed by atoms with Gasteiger partial charge in [-0.3, -0.25) is 9.69 Å². The lowest BCUT2D eigenvalue weighted by Gasteiger charge is -2.56. The van der Waals surface area contributed by atoms with E-state index in [9.17, 15) is 9.59 Å². The van der Waals surface area contributed by atoms with Gasteiger partial charge in [-0.15, -0.1) is 0 Å². The minimum Gasteiger partial charge on any atom is -0.469 e. The molecule has 5 nitrogen and oxygen atoms in total. The second-order valence-corrected chi connectivity index (χ2v) is 9.05. The van der Waals surface area contributed by atoms with Gasteiger partial charge in [0.15, 0.2) is 0 Å². The summed E-state index contributed by atoms with van der Waals surface area (Å²) >= 11 is 0. The number of nitrogens with zero attached hydrogens (tertiary/aromatic N) is 1. The summed E-state index contributed by atoms with van der Waals surface area (Å²) in [6.07, 6.45) is 4.49. The van der Waals surface area contributed by atoms with Crippen LogP contribution in [-0.2, 0) is 20.8 Å². The van der Waals surface area contributed by atoms with E-state index in [-0.39, 0.29) is 23.0 Å². The van der Waals surface area contributed by atoms with Gasteiger partial charge in [0, 0.05) is 12.1 Å². The molecule has 0 aromatic heterocycles. The van der Waals surface area contributed by atoms with E-state index in [1.54, 1.807) is 0 Å². The highest BCUT2D eigenvalue weighted by molar-refractivity contribution is 5.77. The fourth-order valence-electron chi connectivity index (χ4n) is 4.60. The molecule has 148 valence electrons. The number of rotatable bonds is 4. The van der Waals surface area contributed by atoms with Gasteiger partial charge in [-0.1, -0.05) is 30.3 Å². The summed E-state index contributed by atoms with van der Waals surface area (Å²) in [5.41, 5.74) is -0.0495. The minimum atomic E-state index is -0.540. The van der Waals surface area contributed by atoms with Gasteiger partial charge in [-0.25, -0.2) is 4.79 Å². The number of carbonyl (C=O) groups excluding carboxylic acids is 2. The maximum atomic E-state index is 13.1. The molecule has 3 aliphatic rings. The van der Waals surface area contributed by atoms with E-state index < -0.39 is 5.60 Å². The average Bonchev–Trinajstić information content (AvgIpc) is 2.66. The molecule has 1 aromatic rings. The predicted octanol–water partition coefficient (Wildman–Crippen LogP) is 4.69. The lowest BCUT2D eigenvalue weighted by Crippen LogP contribution is -2.60. The number of hydrogen-bond acceptors (Lipinski definition) is 4. The molecule has 4 rings (SSSR count). The molecule has 27 heavy (non-hydrogen) atoms. The van der Waals surface area contributed by atoms with Crippen molar-refractivity contribution in [2.75, 3.05) is 7.11 Å². The minimum absolute atomic E-state index is 0.0947. The zero-order valence-electron chi connectivity index (χ0n) is 16.9. The highest BCUT2D eigenvalue weighted by Gasteiger charge is 2.56. The van der Waals surface area contributed by atoms with Gasteiger partial charge in [0.1, 0.15) is 5.60 Å². The molecule has 1 aromatic carbocycles. The van der Waals surface area contributed by atoms with E-state index in [4.69, 9.17) is 9.47 Å². The number of fused-ring (bicyclic) bond motifs is 3. The maximum Gasteiger partial charge on any atom is 0.411 e. The standard InChI is InChI=1S/C22H31NO4/c1-20(2,3)27-19(25)23(16-17-8-6-5-7-9-17)22-13-10-21(11-14-22,12-15-22)18(24)26-4/h5-9H,10-16H2,1-4H3. The van der Waals surface area contributed by atoms with E-state index >= 15 is 0 Å². The normalized spacial score (nSPS) is 27.1. The summed E-state index contributed by atoms with van der Waals surface area (Å²) in [6.45, 7) is 6.22. The smallest absolute Gasteiger partial charge is 0.411 e. The lowest BCUT2D eigenvalue weighted by atomic mass is 9.56. The van der Waals surface area contributed by atoms with Crippen LogP contribution in [0, 0.1) is 5.41 Å². The molecule has 0 saturated heterocycles. The Morgan fingerprint density at radius 1 is 1.00 bits per heavy atom. The third-order valence-corrected chi connectivity index (χ3v) is 6.20. The number of methoxy groups -OCH3 is 1. The van der Waals surface area contributed by atoms with Gasteiger partial charge in [0.2, 0.25) is 0 Å². The summed E-state index contributed by atoms with van der Waals surface area (Å²) < 4.78 is 10.8. The fraction of sp³-hybridized carbons (Fsp3) is 0.636. The predicted molar refractivity (Wildman–Crippen MR) is 103 cm³/mol. The molecule has 0 aliphatic heterocycles. The molecule has 5 heteroatoms. The molecule has 0 radical (unpaired) electrons. The molecule has 3 saturated carbocycles. The molecule has 0 N–H and O–H groups in total. The first-order chi connectivity index (χ1) is 12.7. The van der Waals surface area contributed by atoms with E-state index in [0.717, 1.165) is 44.1 Å². The molecule has 0 spiro atoms. The molecular formula is C22H31NO4. The third kappa shape index (κ3) is 3.97. The van der Waals surface area contributed by atoms with Crippen LogP contribution in [-0.4, -0.2) is 35.2 Å². The number of benzene rings is 1. The van der Waals surface area contributed by atoms with Crippen molar-refractivity contribution in [3.8, 4) is 0 Å². The Hall–Kier alpha value is -2.04. The van der Waals surface area contributed by atoms with Crippen molar-refractivity contribution in [1.82, 2.24) is 4.90 Å². The Morgan fingerprint density at radius 2 is 1.56 bits per heavy atom. The van der Waals surface area contributed by atoms with Crippen LogP contribution in [0.2, 0.25) is 0 Å². The fourth-order valence-corrected chi connectivity index (χ4v) is 4.60. The molecule has 0 heterocycles. The zero-order chi connectivity index (χ0) is 19.7. The van der Waals surface area contributed by atoms with Gasteiger partial charge in [-0.05, 0) is 64.9 Å². The Balaban J connectivity index is 1.85. The number of carbonyl (C=O) groups is 2. The number of amides is 1. The highest BCUT2D eigenvalue weighted by Crippen LogP contribution is 2.55. The lowest BCUT2D eigenvalue weighted by molar-refractivity contribution is -0.164. The number of esters is 1. The van der Waals surface area contributed by atoms with Gasteiger partial charge in [0.05, 0.1) is 12.5 Å². The zero-order valence-corrected chi connectivity index (χ0v) is 16.9. The third-order valence-electron chi connectivity index (χ3n) is 6.20. The van der Waals surface area contributed by atoms with Crippen molar-refractivity contribution in [1.29, 1.82) is 0 Å². The van der Waals surface area contributed by atoms with Crippen molar-refractivity contribution >= 4 is 12.1 Å². The molecule has 0 unspecified atom stereocenters. The second kappa shape index (κ2) is 7.17. The SMILES string of the molecule is COC(=O)C12CCC(N(Cc3ccccc3)C(=O)OC(C)(C)C)(CC1)CC2. The van der Waals surface area contributed by atoms with Gasteiger partial charge < -0.3 is 9.47 Å². The van der Waals surface area contributed by atoms with Crippen LogP contribution in [0.15, 0.2) is 30.3 Å². The van der Waals surface area contributed by atoms with Crippen molar-refractivity contribution in [2.45, 2.75) is 77.0 Å². The number of ether oxygens (including phenoxy) is 2. The van der Waals surface area contributed by atoms with Crippen LogP contribution in [0.1, 0.15) is 64.9 Å². The molecule has 3 fully saturated rings. The van der Waals surface area contributed by atoms with Gasteiger partial charge in [0.25, 0.3) is 0 Å². The number of hydrogen-bond donors (Lipinski definition) is 0. The Kier molecular flexibility index (Phi) is 5.24. The van der Waals surface area contributed by atoms with E-state index in [0.29, 0.717) is 6.54 Å². The Labute approximate surface area is 162 Å². The van der Waals surface area contributed by atoms with E-state index in [1.807, 2.05) is 56.0 Å². The van der Waals surface area contributed by atoms with Crippen LogP contribution in [0.3, 0.4) is 0 Å². The Morgan fingerprint density at radius 3 is 2.04 bits per heavy atom. The summed E-state index contributed by atoms with van der Waals surface area (Å²) in [5.74, 6) is -0.0947. The first kappa shape index (κ1) is 19.7.